The quantitative estimate of drug-likeness (QED) is 0.849. The van der Waals surface area contributed by atoms with E-state index in [-0.39, 0.29) is 18.6 Å². The van der Waals surface area contributed by atoms with Crippen LogP contribution in [0.3, 0.4) is 0 Å². The van der Waals surface area contributed by atoms with E-state index in [1.165, 1.54) is 0 Å². The van der Waals surface area contributed by atoms with Gasteiger partial charge in [-0.3, -0.25) is 4.79 Å². The molecule has 2 aromatic carbocycles. The first-order valence-corrected chi connectivity index (χ1v) is 7.75. The monoisotopic (exact) mass is 313 g/mol. The lowest BCUT2D eigenvalue weighted by Gasteiger charge is -2.18. The van der Waals surface area contributed by atoms with Crippen LogP contribution in [0.2, 0.25) is 0 Å². The van der Waals surface area contributed by atoms with Gasteiger partial charge in [0.05, 0.1) is 13.2 Å². The van der Waals surface area contributed by atoms with Gasteiger partial charge in [0.25, 0.3) is 5.91 Å². The molecular formula is C19H23NO3. The Bertz CT molecular complexity index is 637. The van der Waals surface area contributed by atoms with Crippen molar-refractivity contribution in [1.82, 2.24) is 5.32 Å². The van der Waals surface area contributed by atoms with Crippen molar-refractivity contribution in [3.8, 4) is 11.5 Å². The molecule has 2 rings (SSSR count). The summed E-state index contributed by atoms with van der Waals surface area (Å²) in [5.74, 6) is 1.41. The molecule has 1 unspecified atom stereocenters. The first-order chi connectivity index (χ1) is 11.1. The average molecular weight is 313 g/mol. The predicted octanol–water partition coefficient (Wildman–Crippen LogP) is 3.65. The van der Waals surface area contributed by atoms with E-state index in [4.69, 9.17) is 9.47 Å². The maximum atomic E-state index is 12.1. The van der Waals surface area contributed by atoms with Crippen LogP contribution in [0, 0.1) is 6.92 Å². The Labute approximate surface area is 137 Å². The lowest BCUT2D eigenvalue weighted by molar-refractivity contribution is -0.123. The van der Waals surface area contributed by atoms with E-state index < -0.39 is 0 Å². The summed E-state index contributed by atoms with van der Waals surface area (Å²) in [6, 6.07) is 15.4. The molecule has 0 saturated carbocycles. The molecule has 0 radical (unpaired) electrons. The van der Waals surface area contributed by atoms with Gasteiger partial charge in [0.1, 0.15) is 11.5 Å². The lowest BCUT2D eigenvalue weighted by Crippen LogP contribution is -2.32. The molecule has 0 aliphatic heterocycles. The van der Waals surface area contributed by atoms with Crippen LogP contribution in [-0.2, 0) is 4.79 Å². The first-order valence-electron chi connectivity index (χ1n) is 7.75. The minimum absolute atomic E-state index is 0.0114. The minimum Gasteiger partial charge on any atom is -0.497 e. The molecule has 0 aliphatic rings. The van der Waals surface area contributed by atoms with E-state index in [0.29, 0.717) is 0 Å². The van der Waals surface area contributed by atoms with E-state index in [9.17, 15) is 4.79 Å². The van der Waals surface area contributed by atoms with Gasteiger partial charge >= 0.3 is 0 Å². The van der Waals surface area contributed by atoms with E-state index in [1.54, 1.807) is 7.11 Å². The Morgan fingerprint density at radius 2 is 1.83 bits per heavy atom. The number of para-hydroxylation sites is 1. The van der Waals surface area contributed by atoms with Crippen molar-refractivity contribution in [2.45, 2.75) is 26.3 Å². The summed E-state index contributed by atoms with van der Waals surface area (Å²) in [7, 11) is 1.64. The van der Waals surface area contributed by atoms with E-state index >= 15 is 0 Å². The molecule has 2 aromatic rings. The molecule has 23 heavy (non-hydrogen) atoms. The van der Waals surface area contributed by atoms with Crippen LogP contribution in [-0.4, -0.2) is 19.6 Å². The standard InChI is InChI=1S/C19H23NO3/c1-4-17(15-9-11-16(22-3)12-10-15)20-19(21)13-23-18-8-6-5-7-14(18)2/h5-12,17H,4,13H2,1-3H3,(H,20,21). The van der Waals surface area contributed by atoms with Gasteiger partial charge in [-0.1, -0.05) is 37.3 Å². The predicted molar refractivity (Wildman–Crippen MR) is 90.8 cm³/mol. The Morgan fingerprint density at radius 1 is 1.13 bits per heavy atom. The third-order valence-electron chi connectivity index (χ3n) is 3.71. The van der Waals surface area contributed by atoms with Gasteiger partial charge in [0.2, 0.25) is 0 Å². The zero-order valence-electron chi connectivity index (χ0n) is 13.8. The SMILES string of the molecule is CCC(NC(=O)COc1ccccc1C)c1ccc(OC)cc1. The molecule has 122 valence electrons. The van der Waals surface area contributed by atoms with Crippen LogP contribution in [0.5, 0.6) is 11.5 Å². The fraction of sp³-hybridized carbons (Fsp3) is 0.316. The zero-order valence-corrected chi connectivity index (χ0v) is 13.8. The second-order valence-electron chi connectivity index (χ2n) is 5.36. The molecule has 0 bridgehead atoms. The van der Waals surface area contributed by atoms with E-state index in [1.807, 2.05) is 62.4 Å². The highest BCUT2D eigenvalue weighted by Crippen LogP contribution is 2.20. The number of methoxy groups -OCH3 is 1. The largest absolute Gasteiger partial charge is 0.497 e. The first kappa shape index (κ1) is 16.9. The Kier molecular flexibility index (Phi) is 6.03. The van der Waals surface area contributed by atoms with Gasteiger partial charge in [-0.15, -0.1) is 0 Å². The zero-order chi connectivity index (χ0) is 16.7. The second kappa shape index (κ2) is 8.22. The molecule has 1 atom stereocenters. The summed E-state index contributed by atoms with van der Waals surface area (Å²) in [4.78, 5) is 12.1. The molecular weight excluding hydrogens is 290 g/mol. The Morgan fingerprint density at radius 3 is 2.43 bits per heavy atom. The number of hydrogen-bond acceptors (Lipinski definition) is 3. The van der Waals surface area contributed by atoms with Gasteiger partial charge in [0, 0.05) is 0 Å². The van der Waals surface area contributed by atoms with Crippen molar-refractivity contribution < 1.29 is 14.3 Å². The van der Waals surface area contributed by atoms with Crippen LogP contribution < -0.4 is 14.8 Å². The van der Waals surface area contributed by atoms with E-state index in [2.05, 4.69) is 5.32 Å². The summed E-state index contributed by atoms with van der Waals surface area (Å²) in [6.45, 7) is 4.01. The Balaban J connectivity index is 1.92. The highest BCUT2D eigenvalue weighted by molar-refractivity contribution is 5.78. The third-order valence-corrected chi connectivity index (χ3v) is 3.71. The minimum atomic E-state index is -0.129. The van der Waals surface area contributed by atoms with E-state index in [0.717, 1.165) is 29.0 Å². The summed E-state index contributed by atoms with van der Waals surface area (Å²) in [6.07, 6.45) is 0.808. The Hall–Kier alpha value is -2.49. The molecule has 0 saturated heterocycles. The third kappa shape index (κ3) is 4.74. The molecule has 0 aliphatic carbocycles. The van der Waals surface area contributed by atoms with Crippen LogP contribution in [0.1, 0.15) is 30.5 Å². The van der Waals surface area contributed by atoms with Gasteiger partial charge in [-0.2, -0.15) is 0 Å². The number of carbonyl (C=O) groups is 1. The number of ether oxygens (including phenoxy) is 2. The number of nitrogens with one attached hydrogen (secondary N) is 1. The number of carbonyl (C=O) groups excluding carboxylic acids is 1. The average Bonchev–Trinajstić information content (AvgIpc) is 2.59. The summed E-state index contributed by atoms with van der Waals surface area (Å²) < 4.78 is 10.7. The van der Waals surface area contributed by atoms with Crippen molar-refractivity contribution in [2.24, 2.45) is 0 Å². The van der Waals surface area contributed by atoms with Crippen LogP contribution in [0.15, 0.2) is 48.5 Å². The number of aryl methyl sites for hydroxylation is 1. The number of benzene rings is 2. The summed E-state index contributed by atoms with van der Waals surface area (Å²) >= 11 is 0. The molecule has 0 aromatic heterocycles. The normalized spacial score (nSPS) is 11.6. The molecule has 0 heterocycles. The van der Waals surface area contributed by atoms with Crippen molar-refractivity contribution in [1.29, 1.82) is 0 Å². The fourth-order valence-electron chi connectivity index (χ4n) is 2.35. The van der Waals surface area contributed by atoms with Crippen LogP contribution in [0.4, 0.5) is 0 Å². The molecule has 0 spiro atoms. The van der Waals surface area contributed by atoms with Crippen molar-refractivity contribution in [3.63, 3.8) is 0 Å². The molecule has 4 nitrogen and oxygen atoms in total. The maximum Gasteiger partial charge on any atom is 0.258 e. The van der Waals surface area contributed by atoms with Crippen molar-refractivity contribution in [2.75, 3.05) is 13.7 Å². The smallest absolute Gasteiger partial charge is 0.258 e. The van der Waals surface area contributed by atoms with Crippen molar-refractivity contribution >= 4 is 5.91 Å². The lowest BCUT2D eigenvalue weighted by atomic mass is 10.0. The van der Waals surface area contributed by atoms with Gasteiger partial charge in [0.15, 0.2) is 6.61 Å². The van der Waals surface area contributed by atoms with Gasteiger partial charge in [-0.05, 0) is 42.7 Å². The summed E-state index contributed by atoms with van der Waals surface area (Å²) in [5.41, 5.74) is 2.07. The van der Waals surface area contributed by atoms with Gasteiger partial charge in [-0.25, -0.2) is 0 Å². The number of amides is 1. The molecule has 4 heteroatoms. The maximum absolute atomic E-state index is 12.1. The molecule has 1 N–H and O–H groups in total. The second-order valence-corrected chi connectivity index (χ2v) is 5.36. The fourth-order valence-corrected chi connectivity index (χ4v) is 2.35. The summed E-state index contributed by atoms with van der Waals surface area (Å²) in [5, 5.41) is 3.01. The highest BCUT2D eigenvalue weighted by Gasteiger charge is 2.13. The highest BCUT2D eigenvalue weighted by atomic mass is 16.5. The topological polar surface area (TPSA) is 47.6 Å². The van der Waals surface area contributed by atoms with Gasteiger partial charge < -0.3 is 14.8 Å². The van der Waals surface area contributed by atoms with Crippen LogP contribution in [0.25, 0.3) is 0 Å². The molecule has 0 fully saturated rings. The van der Waals surface area contributed by atoms with Crippen LogP contribution >= 0.6 is 0 Å². The number of hydrogen-bond donors (Lipinski definition) is 1. The van der Waals surface area contributed by atoms with Crippen molar-refractivity contribution in [3.05, 3.63) is 59.7 Å². The molecule has 1 amide bonds. The number of rotatable bonds is 7.